The van der Waals surface area contributed by atoms with Crippen molar-refractivity contribution >= 4 is 17.3 Å². The molecule has 0 unspecified atom stereocenters. The zero-order valence-electron chi connectivity index (χ0n) is 13.0. The molecule has 6 nitrogen and oxygen atoms in total. The van der Waals surface area contributed by atoms with E-state index < -0.39 is 23.8 Å². The van der Waals surface area contributed by atoms with Gasteiger partial charge in [-0.05, 0) is 30.3 Å². The maximum atomic E-state index is 12.0. The van der Waals surface area contributed by atoms with Crippen LogP contribution in [0.1, 0.15) is 23.3 Å². The van der Waals surface area contributed by atoms with E-state index >= 15 is 0 Å². The SMILES string of the molecule is O=c1cc(CO)oc([C@@H](Nc2cccc(Cl)c2)c2ccccn2)c1O. The topological polar surface area (TPSA) is 95.6 Å². The summed E-state index contributed by atoms with van der Waals surface area (Å²) in [5, 5.41) is 23.2. The molecule has 0 aliphatic rings. The molecule has 128 valence electrons. The largest absolute Gasteiger partial charge is 0.502 e. The summed E-state index contributed by atoms with van der Waals surface area (Å²) >= 11 is 6.01. The van der Waals surface area contributed by atoms with Gasteiger partial charge in [0.1, 0.15) is 18.4 Å². The summed E-state index contributed by atoms with van der Waals surface area (Å²) in [6.45, 7) is -0.464. The van der Waals surface area contributed by atoms with E-state index in [1.165, 1.54) is 0 Å². The summed E-state index contributed by atoms with van der Waals surface area (Å²) < 4.78 is 5.52. The second kappa shape index (κ2) is 7.38. The molecular weight excluding hydrogens is 344 g/mol. The normalized spacial score (nSPS) is 11.9. The second-order valence-electron chi connectivity index (χ2n) is 5.29. The van der Waals surface area contributed by atoms with Crippen molar-refractivity contribution in [3.63, 3.8) is 0 Å². The first-order valence-corrected chi connectivity index (χ1v) is 7.86. The number of nitrogens with one attached hydrogen (secondary N) is 1. The lowest BCUT2D eigenvalue weighted by Crippen LogP contribution is -2.17. The van der Waals surface area contributed by atoms with E-state index in [-0.39, 0.29) is 11.5 Å². The van der Waals surface area contributed by atoms with E-state index in [9.17, 15) is 15.0 Å². The highest BCUT2D eigenvalue weighted by atomic mass is 35.5. The number of pyridine rings is 1. The van der Waals surface area contributed by atoms with Crippen molar-refractivity contribution in [3.05, 3.63) is 87.2 Å². The molecule has 1 aromatic carbocycles. The maximum absolute atomic E-state index is 12.0. The number of halogens is 1. The van der Waals surface area contributed by atoms with Crippen LogP contribution in [0.5, 0.6) is 5.75 Å². The number of benzene rings is 1. The van der Waals surface area contributed by atoms with Gasteiger partial charge in [-0.15, -0.1) is 0 Å². The second-order valence-corrected chi connectivity index (χ2v) is 5.73. The first-order valence-electron chi connectivity index (χ1n) is 7.48. The van der Waals surface area contributed by atoms with Crippen LogP contribution in [0.3, 0.4) is 0 Å². The first kappa shape index (κ1) is 17.0. The van der Waals surface area contributed by atoms with Crippen molar-refractivity contribution in [1.29, 1.82) is 0 Å². The van der Waals surface area contributed by atoms with Crippen molar-refractivity contribution in [2.45, 2.75) is 12.6 Å². The number of anilines is 1. The third kappa shape index (κ3) is 3.81. The number of hydrogen-bond acceptors (Lipinski definition) is 6. The van der Waals surface area contributed by atoms with Gasteiger partial charge in [0.25, 0.3) is 0 Å². The molecule has 3 rings (SSSR count). The molecule has 7 heteroatoms. The number of aliphatic hydroxyl groups is 1. The van der Waals surface area contributed by atoms with Crippen LogP contribution in [0.2, 0.25) is 5.02 Å². The summed E-state index contributed by atoms with van der Waals surface area (Å²) in [5.74, 6) is -0.524. The Kier molecular flexibility index (Phi) is 5.02. The standard InChI is InChI=1S/C18H15ClN2O4/c19-11-4-3-5-12(8-11)21-16(14-6-1-2-7-20-14)18-17(24)15(23)9-13(10-22)25-18/h1-9,16,21-22,24H,10H2/t16-/m0/s1. The van der Waals surface area contributed by atoms with E-state index in [0.717, 1.165) is 6.07 Å². The summed E-state index contributed by atoms with van der Waals surface area (Å²) in [6.07, 6.45) is 1.59. The molecule has 0 bridgehead atoms. The Morgan fingerprint density at radius 1 is 1.20 bits per heavy atom. The Balaban J connectivity index is 2.12. The number of rotatable bonds is 5. The predicted molar refractivity (Wildman–Crippen MR) is 93.7 cm³/mol. The maximum Gasteiger partial charge on any atom is 0.227 e. The summed E-state index contributed by atoms with van der Waals surface area (Å²) in [5.41, 5.74) is 0.537. The van der Waals surface area contributed by atoms with Gasteiger partial charge in [0.05, 0.1) is 5.69 Å². The molecule has 2 heterocycles. The highest BCUT2D eigenvalue weighted by Gasteiger charge is 2.24. The fraction of sp³-hybridized carbons (Fsp3) is 0.111. The van der Waals surface area contributed by atoms with Crippen molar-refractivity contribution in [2.24, 2.45) is 0 Å². The number of aromatic hydroxyl groups is 1. The number of aromatic nitrogens is 1. The molecule has 0 saturated heterocycles. The molecule has 2 aromatic heterocycles. The molecule has 25 heavy (non-hydrogen) atoms. The predicted octanol–water partition coefficient (Wildman–Crippen LogP) is 3.09. The van der Waals surface area contributed by atoms with Gasteiger partial charge in [-0.1, -0.05) is 23.7 Å². The zero-order valence-corrected chi connectivity index (χ0v) is 13.8. The van der Waals surface area contributed by atoms with Crippen molar-refractivity contribution in [3.8, 4) is 5.75 Å². The van der Waals surface area contributed by atoms with Gasteiger partial charge in [0, 0.05) is 23.0 Å². The summed E-state index contributed by atoms with van der Waals surface area (Å²) in [7, 11) is 0. The lowest BCUT2D eigenvalue weighted by atomic mass is 10.1. The minimum atomic E-state index is -0.751. The molecule has 0 aliphatic heterocycles. The average Bonchev–Trinajstić information content (AvgIpc) is 2.63. The fourth-order valence-electron chi connectivity index (χ4n) is 2.39. The highest BCUT2D eigenvalue weighted by Crippen LogP contribution is 2.31. The summed E-state index contributed by atoms with van der Waals surface area (Å²) in [6, 6.07) is 12.5. The quantitative estimate of drug-likeness (QED) is 0.648. The smallest absolute Gasteiger partial charge is 0.227 e. The van der Waals surface area contributed by atoms with Gasteiger partial charge >= 0.3 is 0 Å². The van der Waals surface area contributed by atoms with Crippen LogP contribution in [0.25, 0.3) is 0 Å². The van der Waals surface area contributed by atoms with Crippen LogP contribution < -0.4 is 10.7 Å². The lowest BCUT2D eigenvalue weighted by molar-refractivity contribution is 0.234. The van der Waals surface area contributed by atoms with Crippen LogP contribution in [-0.4, -0.2) is 15.2 Å². The van der Waals surface area contributed by atoms with Gasteiger partial charge in [-0.2, -0.15) is 0 Å². The number of nitrogens with zero attached hydrogens (tertiary/aromatic N) is 1. The van der Waals surface area contributed by atoms with Gasteiger partial charge in [-0.25, -0.2) is 0 Å². The van der Waals surface area contributed by atoms with Crippen molar-refractivity contribution in [2.75, 3.05) is 5.32 Å². The van der Waals surface area contributed by atoms with E-state index in [1.807, 2.05) is 0 Å². The highest BCUT2D eigenvalue weighted by molar-refractivity contribution is 6.30. The third-order valence-corrected chi connectivity index (χ3v) is 3.77. The summed E-state index contributed by atoms with van der Waals surface area (Å²) in [4.78, 5) is 16.2. The Morgan fingerprint density at radius 3 is 2.72 bits per heavy atom. The Hall–Kier alpha value is -2.83. The molecule has 3 N–H and O–H groups in total. The molecule has 0 fully saturated rings. The Labute approximate surface area is 148 Å². The third-order valence-electron chi connectivity index (χ3n) is 3.54. The monoisotopic (exact) mass is 358 g/mol. The number of aliphatic hydroxyl groups excluding tert-OH is 1. The zero-order chi connectivity index (χ0) is 17.8. The van der Waals surface area contributed by atoms with Gasteiger partial charge in [0.2, 0.25) is 11.2 Å². The first-order chi connectivity index (χ1) is 12.1. The Morgan fingerprint density at radius 2 is 2.04 bits per heavy atom. The molecule has 0 amide bonds. The molecule has 0 saturated carbocycles. The molecule has 0 spiro atoms. The van der Waals surface area contributed by atoms with Crippen LogP contribution >= 0.6 is 11.6 Å². The fourth-order valence-corrected chi connectivity index (χ4v) is 2.58. The minimum absolute atomic E-state index is 0.0322. The van der Waals surface area contributed by atoms with Crippen LogP contribution in [0, 0.1) is 0 Å². The van der Waals surface area contributed by atoms with Crippen molar-refractivity contribution < 1.29 is 14.6 Å². The van der Waals surface area contributed by atoms with Gasteiger partial charge < -0.3 is 19.9 Å². The van der Waals surface area contributed by atoms with Crippen LogP contribution in [0.15, 0.2) is 63.9 Å². The molecule has 0 radical (unpaired) electrons. The molecule has 1 atom stereocenters. The van der Waals surface area contributed by atoms with Gasteiger partial charge in [0.15, 0.2) is 5.76 Å². The van der Waals surface area contributed by atoms with E-state index in [2.05, 4.69) is 10.3 Å². The van der Waals surface area contributed by atoms with E-state index in [0.29, 0.717) is 16.4 Å². The average molecular weight is 359 g/mol. The number of hydrogen-bond donors (Lipinski definition) is 3. The molecule has 0 aliphatic carbocycles. The van der Waals surface area contributed by atoms with Crippen LogP contribution in [0.4, 0.5) is 5.69 Å². The Bertz CT molecular complexity index is 928. The van der Waals surface area contributed by atoms with Gasteiger partial charge in [-0.3, -0.25) is 9.78 Å². The molecular formula is C18H15ClN2O4. The molecule has 3 aromatic rings. The van der Waals surface area contributed by atoms with E-state index in [4.69, 9.17) is 16.0 Å². The van der Waals surface area contributed by atoms with E-state index in [1.54, 1.807) is 48.7 Å². The lowest BCUT2D eigenvalue weighted by Gasteiger charge is -2.20. The van der Waals surface area contributed by atoms with Crippen LogP contribution in [-0.2, 0) is 6.61 Å². The van der Waals surface area contributed by atoms with Crippen molar-refractivity contribution in [1.82, 2.24) is 4.98 Å². The minimum Gasteiger partial charge on any atom is -0.502 e.